The predicted octanol–water partition coefficient (Wildman–Crippen LogP) is 6.12. The van der Waals surface area contributed by atoms with Gasteiger partial charge in [-0.1, -0.05) is 26.0 Å². The number of ether oxygens (including phenoxy) is 3. The van der Waals surface area contributed by atoms with Crippen molar-refractivity contribution in [3.63, 3.8) is 0 Å². The van der Waals surface area contributed by atoms with Crippen LogP contribution in [0.25, 0.3) is 21.7 Å². The lowest BCUT2D eigenvalue weighted by atomic mass is 10.1. The van der Waals surface area contributed by atoms with Gasteiger partial charge in [0.25, 0.3) is 5.91 Å². The van der Waals surface area contributed by atoms with Crippen LogP contribution in [0.4, 0.5) is 0 Å². The number of hydrogen-bond donors (Lipinski definition) is 1. The Morgan fingerprint density at radius 2 is 1.61 bits per heavy atom. The SMILES string of the molecule is CC.COc1cc2nccc(Oc3ccc4ccc(C(=O)NC5CC5)cc4c3)c2cc1OC. The predicted molar refractivity (Wildman–Crippen MR) is 131 cm³/mol. The number of methoxy groups -OCH3 is 2. The number of nitrogens with one attached hydrogen (secondary N) is 1. The molecule has 0 atom stereocenters. The minimum atomic E-state index is -0.0307. The summed E-state index contributed by atoms with van der Waals surface area (Å²) < 4.78 is 17.0. The van der Waals surface area contributed by atoms with Crippen molar-refractivity contribution < 1.29 is 19.0 Å². The highest BCUT2D eigenvalue weighted by Crippen LogP contribution is 2.37. The van der Waals surface area contributed by atoms with E-state index >= 15 is 0 Å². The molecular weight excluding hydrogens is 416 g/mol. The van der Waals surface area contributed by atoms with Crippen molar-refractivity contribution in [2.24, 2.45) is 0 Å². The first kappa shape index (κ1) is 22.4. The molecule has 0 aliphatic heterocycles. The van der Waals surface area contributed by atoms with Gasteiger partial charge in [-0.05, 0) is 60.0 Å². The number of nitrogens with zero attached hydrogens (tertiary/aromatic N) is 1. The van der Waals surface area contributed by atoms with Crippen molar-refractivity contribution in [3.05, 3.63) is 66.4 Å². The van der Waals surface area contributed by atoms with Crippen molar-refractivity contribution >= 4 is 27.6 Å². The molecule has 0 bridgehead atoms. The van der Waals surface area contributed by atoms with Gasteiger partial charge in [-0.2, -0.15) is 0 Å². The van der Waals surface area contributed by atoms with Gasteiger partial charge >= 0.3 is 0 Å². The molecule has 6 nitrogen and oxygen atoms in total. The van der Waals surface area contributed by atoms with Crippen LogP contribution in [0.15, 0.2) is 60.8 Å². The molecule has 0 radical (unpaired) electrons. The van der Waals surface area contributed by atoms with E-state index in [9.17, 15) is 4.79 Å². The summed E-state index contributed by atoms with van der Waals surface area (Å²) in [6, 6.07) is 17.4. The van der Waals surface area contributed by atoms with Crippen LogP contribution in [0, 0.1) is 0 Å². The smallest absolute Gasteiger partial charge is 0.251 e. The molecule has 1 saturated carbocycles. The van der Waals surface area contributed by atoms with Gasteiger partial charge in [0, 0.05) is 29.3 Å². The summed E-state index contributed by atoms with van der Waals surface area (Å²) in [7, 11) is 3.19. The van der Waals surface area contributed by atoms with E-state index in [1.807, 2.05) is 68.4 Å². The van der Waals surface area contributed by atoms with Gasteiger partial charge in [-0.15, -0.1) is 0 Å². The van der Waals surface area contributed by atoms with E-state index in [-0.39, 0.29) is 5.91 Å². The van der Waals surface area contributed by atoms with Crippen LogP contribution in [0.1, 0.15) is 37.0 Å². The largest absolute Gasteiger partial charge is 0.493 e. The maximum absolute atomic E-state index is 12.4. The first-order chi connectivity index (χ1) is 16.1. The molecule has 4 aromatic rings. The third-order valence-corrected chi connectivity index (χ3v) is 5.42. The van der Waals surface area contributed by atoms with Gasteiger partial charge in [0.05, 0.1) is 19.7 Å². The summed E-state index contributed by atoms with van der Waals surface area (Å²) in [6.07, 6.45) is 3.83. The van der Waals surface area contributed by atoms with E-state index in [1.54, 1.807) is 20.4 Å². The topological polar surface area (TPSA) is 69.7 Å². The van der Waals surface area contributed by atoms with E-state index in [0.29, 0.717) is 34.6 Å². The Hall–Kier alpha value is -3.80. The maximum atomic E-state index is 12.4. The number of rotatable bonds is 6. The van der Waals surface area contributed by atoms with Gasteiger partial charge in [0.15, 0.2) is 11.5 Å². The van der Waals surface area contributed by atoms with E-state index in [0.717, 1.165) is 34.5 Å². The molecule has 1 aliphatic rings. The van der Waals surface area contributed by atoms with Crippen molar-refractivity contribution in [1.29, 1.82) is 0 Å². The third kappa shape index (κ3) is 4.85. The highest BCUT2D eigenvalue weighted by molar-refractivity contribution is 5.99. The number of amides is 1. The Kier molecular flexibility index (Phi) is 6.63. The Labute approximate surface area is 193 Å². The van der Waals surface area contributed by atoms with Crippen LogP contribution in [0.5, 0.6) is 23.0 Å². The second kappa shape index (κ2) is 9.77. The standard InChI is InChI=1S/C25H22N2O4.C2H6/c1-29-23-13-20-21(14-24(23)30-2)26-10-9-22(20)31-19-8-5-15-3-4-16(11-17(15)12-19)25(28)27-18-6-7-18;1-2/h3-5,8-14,18H,6-7H2,1-2H3,(H,27,28);1-2H3. The molecule has 1 N–H and O–H groups in total. The summed E-state index contributed by atoms with van der Waals surface area (Å²) in [5.41, 5.74) is 1.40. The molecule has 170 valence electrons. The van der Waals surface area contributed by atoms with E-state index in [1.165, 1.54) is 0 Å². The number of carbonyl (C=O) groups excluding carboxylic acids is 1. The van der Waals surface area contributed by atoms with Gasteiger partial charge in [0.2, 0.25) is 0 Å². The molecule has 0 spiro atoms. The minimum absolute atomic E-state index is 0.0307. The number of pyridine rings is 1. The molecule has 1 heterocycles. The molecular formula is C27H28N2O4. The van der Waals surface area contributed by atoms with Crippen LogP contribution in [-0.4, -0.2) is 31.2 Å². The second-order valence-electron chi connectivity index (χ2n) is 7.61. The molecule has 6 heteroatoms. The van der Waals surface area contributed by atoms with Crippen LogP contribution in [0.3, 0.4) is 0 Å². The lowest BCUT2D eigenvalue weighted by Gasteiger charge is -2.13. The number of fused-ring (bicyclic) bond motifs is 2. The average Bonchev–Trinajstić information content (AvgIpc) is 3.68. The van der Waals surface area contributed by atoms with Gasteiger partial charge < -0.3 is 19.5 Å². The van der Waals surface area contributed by atoms with Crippen molar-refractivity contribution in [2.45, 2.75) is 32.7 Å². The van der Waals surface area contributed by atoms with Gasteiger partial charge in [-0.25, -0.2) is 0 Å². The molecule has 33 heavy (non-hydrogen) atoms. The Bertz CT molecular complexity index is 1300. The number of carbonyl (C=O) groups is 1. The van der Waals surface area contributed by atoms with Crippen molar-refractivity contribution in [2.75, 3.05) is 14.2 Å². The first-order valence-electron chi connectivity index (χ1n) is 11.2. The summed E-state index contributed by atoms with van der Waals surface area (Å²) >= 11 is 0. The van der Waals surface area contributed by atoms with E-state index in [4.69, 9.17) is 14.2 Å². The zero-order chi connectivity index (χ0) is 23.4. The van der Waals surface area contributed by atoms with Crippen LogP contribution < -0.4 is 19.5 Å². The number of benzene rings is 3. The average molecular weight is 445 g/mol. The molecule has 1 aliphatic carbocycles. The summed E-state index contributed by atoms with van der Waals surface area (Å²) in [6.45, 7) is 4.00. The Morgan fingerprint density at radius 1 is 0.879 bits per heavy atom. The van der Waals surface area contributed by atoms with Crippen molar-refractivity contribution in [1.82, 2.24) is 10.3 Å². The zero-order valence-electron chi connectivity index (χ0n) is 19.3. The quantitative estimate of drug-likeness (QED) is 0.388. The van der Waals surface area contributed by atoms with Gasteiger partial charge in [-0.3, -0.25) is 9.78 Å². The summed E-state index contributed by atoms with van der Waals surface area (Å²) in [5.74, 6) is 2.53. The molecule has 1 amide bonds. The molecule has 5 rings (SSSR count). The Morgan fingerprint density at radius 3 is 2.33 bits per heavy atom. The van der Waals surface area contributed by atoms with E-state index in [2.05, 4.69) is 10.3 Å². The van der Waals surface area contributed by atoms with E-state index < -0.39 is 0 Å². The Balaban J connectivity index is 0.00000126. The molecule has 1 aromatic heterocycles. The van der Waals surface area contributed by atoms with Crippen LogP contribution >= 0.6 is 0 Å². The molecule has 0 saturated heterocycles. The second-order valence-corrected chi connectivity index (χ2v) is 7.61. The lowest BCUT2D eigenvalue weighted by molar-refractivity contribution is 0.0951. The normalized spacial score (nSPS) is 12.6. The zero-order valence-corrected chi connectivity index (χ0v) is 19.3. The third-order valence-electron chi connectivity index (χ3n) is 5.42. The monoisotopic (exact) mass is 444 g/mol. The number of aromatic nitrogens is 1. The fourth-order valence-electron chi connectivity index (χ4n) is 3.59. The highest BCUT2D eigenvalue weighted by atomic mass is 16.5. The lowest BCUT2D eigenvalue weighted by Crippen LogP contribution is -2.25. The molecule has 3 aromatic carbocycles. The fourth-order valence-corrected chi connectivity index (χ4v) is 3.59. The molecule has 0 unspecified atom stereocenters. The fraction of sp³-hybridized carbons (Fsp3) is 0.259. The molecule has 1 fully saturated rings. The van der Waals surface area contributed by atoms with Crippen LogP contribution in [-0.2, 0) is 0 Å². The maximum Gasteiger partial charge on any atom is 0.251 e. The minimum Gasteiger partial charge on any atom is -0.493 e. The summed E-state index contributed by atoms with van der Waals surface area (Å²) in [4.78, 5) is 16.8. The number of hydrogen-bond acceptors (Lipinski definition) is 5. The van der Waals surface area contributed by atoms with Crippen molar-refractivity contribution in [3.8, 4) is 23.0 Å². The summed E-state index contributed by atoms with van der Waals surface area (Å²) in [5, 5.41) is 5.83. The highest BCUT2D eigenvalue weighted by Gasteiger charge is 2.23. The first-order valence-corrected chi connectivity index (χ1v) is 11.2. The van der Waals surface area contributed by atoms with Crippen LogP contribution in [0.2, 0.25) is 0 Å². The van der Waals surface area contributed by atoms with Gasteiger partial charge in [0.1, 0.15) is 11.5 Å².